The van der Waals surface area contributed by atoms with Crippen LogP contribution in [0.4, 0.5) is 0 Å². The molecular formula is C15H34O6. The Morgan fingerprint density at radius 1 is 0.714 bits per heavy atom. The van der Waals surface area contributed by atoms with Gasteiger partial charge in [0.2, 0.25) is 0 Å². The minimum Gasteiger partial charge on any atom is -0.396 e. The lowest BCUT2D eigenvalue weighted by molar-refractivity contribution is -0.0265. The van der Waals surface area contributed by atoms with E-state index in [4.69, 9.17) is 29.9 Å². The van der Waals surface area contributed by atoms with E-state index in [9.17, 15) is 0 Å². The minimum absolute atomic E-state index is 0.0139. The molecule has 0 aromatic carbocycles. The largest absolute Gasteiger partial charge is 0.396 e. The van der Waals surface area contributed by atoms with Crippen molar-refractivity contribution in [2.24, 2.45) is 10.8 Å². The zero-order chi connectivity index (χ0) is 16.8. The number of hydrogen-bond donors (Lipinski definition) is 4. The molecule has 6 heteroatoms. The van der Waals surface area contributed by atoms with Gasteiger partial charge >= 0.3 is 0 Å². The van der Waals surface area contributed by atoms with Crippen molar-refractivity contribution in [2.45, 2.75) is 34.1 Å². The van der Waals surface area contributed by atoms with Crippen LogP contribution >= 0.6 is 0 Å². The van der Waals surface area contributed by atoms with Gasteiger partial charge in [-0.25, -0.2) is 0 Å². The Morgan fingerprint density at radius 3 is 1.43 bits per heavy atom. The van der Waals surface area contributed by atoms with Gasteiger partial charge in [-0.15, -0.1) is 0 Å². The van der Waals surface area contributed by atoms with Gasteiger partial charge in [-0.3, -0.25) is 0 Å². The molecule has 0 rings (SSSR count). The van der Waals surface area contributed by atoms with Gasteiger partial charge in [-0.2, -0.15) is 0 Å². The smallest absolute Gasteiger partial charge is 0.0566 e. The molecule has 0 fully saturated rings. The summed E-state index contributed by atoms with van der Waals surface area (Å²) in [6.45, 7) is 9.49. The maximum Gasteiger partial charge on any atom is 0.0566 e. The molecule has 21 heavy (non-hydrogen) atoms. The van der Waals surface area contributed by atoms with E-state index in [1.807, 2.05) is 20.8 Å². The van der Waals surface area contributed by atoms with E-state index < -0.39 is 10.8 Å². The highest BCUT2D eigenvalue weighted by molar-refractivity contribution is 4.75. The molecule has 0 spiro atoms. The van der Waals surface area contributed by atoms with Crippen molar-refractivity contribution in [3.8, 4) is 0 Å². The third-order valence-corrected chi connectivity index (χ3v) is 3.45. The first-order chi connectivity index (χ1) is 9.92. The molecule has 0 heterocycles. The van der Waals surface area contributed by atoms with Crippen molar-refractivity contribution in [1.29, 1.82) is 0 Å². The standard InChI is InChI=1S/C8H18O3.C7H16O3/c1-3-8(5-9,6-10)7-11-4-2;1-3-10-6-7(2,4-8)5-9/h9-10H,3-7H2,1-2H3;8-9H,3-6H2,1-2H3. The van der Waals surface area contributed by atoms with Crippen LogP contribution in [-0.4, -0.2) is 73.3 Å². The lowest BCUT2D eigenvalue weighted by Crippen LogP contribution is -2.34. The van der Waals surface area contributed by atoms with E-state index in [-0.39, 0.29) is 26.4 Å². The van der Waals surface area contributed by atoms with Crippen molar-refractivity contribution in [2.75, 3.05) is 52.9 Å². The summed E-state index contributed by atoms with van der Waals surface area (Å²) < 4.78 is 10.2. The van der Waals surface area contributed by atoms with Gasteiger partial charge in [0, 0.05) is 24.0 Å². The summed E-state index contributed by atoms with van der Waals surface area (Å²) in [4.78, 5) is 0. The van der Waals surface area contributed by atoms with Crippen LogP contribution in [0.15, 0.2) is 0 Å². The van der Waals surface area contributed by atoms with E-state index in [1.165, 1.54) is 0 Å². The Balaban J connectivity index is 0. The average molecular weight is 310 g/mol. The van der Waals surface area contributed by atoms with E-state index in [1.54, 1.807) is 6.92 Å². The van der Waals surface area contributed by atoms with Gasteiger partial charge in [0.1, 0.15) is 0 Å². The van der Waals surface area contributed by atoms with Crippen LogP contribution in [0, 0.1) is 10.8 Å². The first-order valence-electron chi connectivity index (χ1n) is 7.52. The molecule has 0 aliphatic heterocycles. The van der Waals surface area contributed by atoms with Gasteiger partial charge in [0.25, 0.3) is 0 Å². The van der Waals surface area contributed by atoms with Crippen molar-refractivity contribution in [3.05, 3.63) is 0 Å². The molecule has 0 aliphatic carbocycles. The maximum atomic E-state index is 8.96. The molecule has 0 atom stereocenters. The second kappa shape index (κ2) is 13.4. The second-order valence-electron chi connectivity index (χ2n) is 5.57. The molecule has 0 unspecified atom stereocenters. The SMILES string of the molecule is CCOCC(C)(CO)CO.CCOCC(CC)(CO)CO. The maximum absolute atomic E-state index is 8.96. The lowest BCUT2D eigenvalue weighted by atomic mass is 9.88. The first-order valence-corrected chi connectivity index (χ1v) is 7.52. The van der Waals surface area contributed by atoms with Gasteiger partial charge < -0.3 is 29.9 Å². The van der Waals surface area contributed by atoms with Gasteiger partial charge in [-0.1, -0.05) is 13.8 Å². The quantitative estimate of drug-likeness (QED) is 0.441. The summed E-state index contributed by atoms with van der Waals surface area (Å²) >= 11 is 0. The van der Waals surface area contributed by atoms with Crippen molar-refractivity contribution in [3.63, 3.8) is 0 Å². The van der Waals surface area contributed by atoms with E-state index >= 15 is 0 Å². The molecule has 0 radical (unpaired) electrons. The Morgan fingerprint density at radius 2 is 1.14 bits per heavy atom. The minimum atomic E-state index is -0.476. The molecule has 0 saturated heterocycles. The topological polar surface area (TPSA) is 99.4 Å². The second-order valence-corrected chi connectivity index (χ2v) is 5.57. The number of rotatable bonds is 11. The van der Waals surface area contributed by atoms with Crippen molar-refractivity contribution in [1.82, 2.24) is 0 Å². The predicted molar refractivity (Wildman–Crippen MR) is 82.2 cm³/mol. The Kier molecular flexibility index (Phi) is 14.7. The normalized spacial score (nSPS) is 12.0. The van der Waals surface area contributed by atoms with Crippen LogP contribution in [0.1, 0.15) is 34.1 Å². The molecule has 0 aromatic rings. The lowest BCUT2D eigenvalue weighted by Gasteiger charge is -2.27. The molecule has 0 bridgehead atoms. The van der Waals surface area contributed by atoms with E-state index in [0.29, 0.717) is 26.4 Å². The molecular weight excluding hydrogens is 276 g/mol. The molecule has 6 nitrogen and oxygen atoms in total. The Hall–Kier alpha value is -0.240. The number of aliphatic hydroxyl groups excluding tert-OH is 4. The summed E-state index contributed by atoms with van der Waals surface area (Å²) in [5, 5.41) is 35.5. The van der Waals surface area contributed by atoms with E-state index in [2.05, 4.69) is 0 Å². The van der Waals surface area contributed by atoms with Gasteiger partial charge in [-0.05, 0) is 20.3 Å². The molecule has 130 valence electrons. The van der Waals surface area contributed by atoms with E-state index in [0.717, 1.165) is 6.42 Å². The molecule has 0 aliphatic rings. The number of ether oxygens (including phenoxy) is 2. The van der Waals surface area contributed by atoms with Crippen LogP contribution in [0.5, 0.6) is 0 Å². The molecule has 0 saturated carbocycles. The highest BCUT2D eigenvalue weighted by Crippen LogP contribution is 2.20. The van der Waals surface area contributed by atoms with Crippen molar-refractivity contribution < 1.29 is 29.9 Å². The van der Waals surface area contributed by atoms with Crippen molar-refractivity contribution >= 4 is 0 Å². The first kappa shape index (κ1) is 23.0. The molecule has 0 aromatic heterocycles. The molecule has 4 N–H and O–H groups in total. The Bertz CT molecular complexity index is 206. The van der Waals surface area contributed by atoms with Crippen LogP contribution in [-0.2, 0) is 9.47 Å². The summed E-state index contributed by atoms with van der Waals surface area (Å²) in [6, 6.07) is 0. The predicted octanol–water partition coefficient (Wildman–Crippen LogP) is 0.418. The van der Waals surface area contributed by atoms with Gasteiger partial charge in [0.05, 0.1) is 39.6 Å². The van der Waals surface area contributed by atoms with Crippen LogP contribution in [0.25, 0.3) is 0 Å². The van der Waals surface area contributed by atoms with Crippen LogP contribution < -0.4 is 0 Å². The van der Waals surface area contributed by atoms with Gasteiger partial charge in [0.15, 0.2) is 0 Å². The number of aliphatic hydroxyl groups is 4. The summed E-state index contributed by atoms with van der Waals surface area (Å²) in [5.74, 6) is 0. The third-order valence-electron chi connectivity index (χ3n) is 3.45. The summed E-state index contributed by atoms with van der Waals surface area (Å²) in [6.07, 6.45) is 0.736. The Labute approximate surface area is 128 Å². The number of hydrogen-bond acceptors (Lipinski definition) is 6. The summed E-state index contributed by atoms with van der Waals surface area (Å²) in [5.41, 5.74) is -0.911. The highest BCUT2D eigenvalue weighted by atomic mass is 16.5. The fraction of sp³-hybridized carbons (Fsp3) is 1.00. The fourth-order valence-corrected chi connectivity index (χ4v) is 1.28. The third kappa shape index (κ3) is 10.2. The molecule has 0 amide bonds. The average Bonchev–Trinajstić information content (AvgIpc) is 2.55. The monoisotopic (exact) mass is 310 g/mol. The van der Waals surface area contributed by atoms with Crippen LogP contribution in [0.2, 0.25) is 0 Å². The highest BCUT2D eigenvalue weighted by Gasteiger charge is 2.26. The fourth-order valence-electron chi connectivity index (χ4n) is 1.28. The zero-order valence-corrected chi connectivity index (χ0v) is 14.0. The van der Waals surface area contributed by atoms with Crippen LogP contribution in [0.3, 0.4) is 0 Å². The zero-order valence-electron chi connectivity index (χ0n) is 14.0. The summed E-state index contributed by atoms with van der Waals surface area (Å²) in [7, 11) is 0.